The molecule has 0 bridgehead atoms. The van der Waals surface area contributed by atoms with E-state index >= 15 is 0 Å². The van der Waals surface area contributed by atoms with Crippen molar-refractivity contribution in [2.24, 2.45) is 11.3 Å². The number of allylic oxidation sites excluding steroid dienone is 4. The van der Waals surface area contributed by atoms with Crippen LogP contribution < -0.4 is 24.8 Å². The van der Waals surface area contributed by atoms with Crippen LogP contribution in [0.25, 0.3) is 21.5 Å². The van der Waals surface area contributed by atoms with E-state index in [-0.39, 0.29) is 35.6 Å². The molecule has 0 amide bonds. The molecule has 0 spiro atoms. The minimum absolute atomic E-state index is 0. The van der Waals surface area contributed by atoms with E-state index in [4.69, 9.17) is 0 Å². The molecule has 1 unspecified atom stereocenters. The second-order valence-electron chi connectivity index (χ2n) is 14.7. The molecule has 230 valence electrons. The van der Waals surface area contributed by atoms with Crippen molar-refractivity contribution in [3.8, 4) is 0 Å². The standard InChI is InChI=1S/C21H25.C11H17.C8H8.2ClH.Zr/c1-20(2,3)16-9-7-14-11-15-8-10-17(21(4,5)6)13-19(15)18(14)12-16;1-8-6-9(2)10(7-8)11(3,4)5;1-7-3-5-8(2)6-4-7;;;/h7-13H,1-6H3;7-8H,1-5H3;1,3-6H,2H3;2*1H;/q2*-1;;;;+2/p-2. The monoisotopic (exact) mass is 690 g/mol. The fourth-order valence-electron chi connectivity index (χ4n) is 5.24. The summed E-state index contributed by atoms with van der Waals surface area (Å²) in [5, 5.41) is 5.49. The van der Waals surface area contributed by atoms with Crippen molar-refractivity contribution in [3.63, 3.8) is 0 Å². The van der Waals surface area contributed by atoms with Crippen LogP contribution in [0.2, 0.25) is 0 Å². The van der Waals surface area contributed by atoms with Crippen molar-refractivity contribution >= 4 is 25.3 Å². The summed E-state index contributed by atoms with van der Waals surface area (Å²) in [7, 11) is 0. The van der Waals surface area contributed by atoms with E-state index in [9.17, 15) is 0 Å². The fraction of sp³-hybridized carbons (Fsp3) is 0.400. The van der Waals surface area contributed by atoms with Gasteiger partial charge in [0.1, 0.15) is 0 Å². The first-order chi connectivity index (χ1) is 18.9. The van der Waals surface area contributed by atoms with E-state index in [2.05, 4.69) is 166 Å². The maximum absolute atomic E-state index is 3.40. The first-order valence-corrected chi connectivity index (χ1v) is 16.4. The number of halogens is 2. The molecule has 0 saturated carbocycles. The summed E-state index contributed by atoms with van der Waals surface area (Å²) < 4.78 is 2.19. The van der Waals surface area contributed by atoms with Crippen LogP contribution in [0.3, 0.4) is 0 Å². The summed E-state index contributed by atoms with van der Waals surface area (Å²) >= 11 is 1.47. The maximum atomic E-state index is 3.40. The van der Waals surface area contributed by atoms with Crippen LogP contribution in [0.1, 0.15) is 98.4 Å². The van der Waals surface area contributed by atoms with Gasteiger partial charge in [0.25, 0.3) is 0 Å². The molecule has 1 aliphatic carbocycles. The summed E-state index contributed by atoms with van der Waals surface area (Å²) in [5.74, 6) is 0.518. The van der Waals surface area contributed by atoms with Gasteiger partial charge in [0.2, 0.25) is 0 Å². The van der Waals surface area contributed by atoms with Crippen LogP contribution in [-0.4, -0.2) is 3.71 Å². The number of fused-ring (bicyclic) bond motifs is 3. The van der Waals surface area contributed by atoms with Crippen LogP contribution in [-0.2, 0) is 35.1 Å². The SMILES string of the molecule is CC(C)(C)c1ccc2[cH-]c3ccc(C(C)(C)C)cc3c2c1.CC1=[C-]C(C)C=C1C(C)(C)C.Cc1ccc([CH]=[Zr+2])cc1.[Cl-].[Cl-]. The molecule has 3 heteroatoms. The zero-order chi connectivity index (χ0) is 30.8. The third-order valence-corrected chi connectivity index (χ3v) is 8.58. The van der Waals surface area contributed by atoms with Crippen molar-refractivity contribution < 1.29 is 49.0 Å². The molecule has 0 heterocycles. The van der Waals surface area contributed by atoms with Crippen LogP contribution in [0.5, 0.6) is 0 Å². The normalized spacial score (nSPS) is 14.8. The second-order valence-corrected chi connectivity index (χ2v) is 15.4. The molecular formula is C40H50Cl2Zr-2. The molecular weight excluding hydrogens is 643 g/mol. The second kappa shape index (κ2) is 15.6. The van der Waals surface area contributed by atoms with Gasteiger partial charge in [-0.05, 0) is 10.8 Å². The minimum atomic E-state index is 0. The molecule has 0 aromatic heterocycles. The van der Waals surface area contributed by atoms with Gasteiger partial charge in [-0.25, -0.2) is 5.57 Å². The molecule has 0 saturated heterocycles. The zero-order valence-electron chi connectivity index (χ0n) is 28.3. The molecule has 4 aromatic rings. The Morgan fingerprint density at radius 2 is 1.12 bits per heavy atom. The Morgan fingerprint density at radius 3 is 1.42 bits per heavy atom. The van der Waals surface area contributed by atoms with Crippen LogP contribution >= 0.6 is 0 Å². The quantitative estimate of drug-likeness (QED) is 0.236. The van der Waals surface area contributed by atoms with Gasteiger partial charge in [-0.15, -0.1) is 39.7 Å². The molecule has 0 nitrogen and oxygen atoms in total. The molecule has 0 aliphatic heterocycles. The van der Waals surface area contributed by atoms with Gasteiger partial charge in [0.15, 0.2) is 0 Å². The Labute approximate surface area is 290 Å². The van der Waals surface area contributed by atoms with Gasteiger partial charge in [-0.3, -0.25) is 6.08 Å². The van der Waals surface area contributed by atoms with Crippen molar-refractivity contribution in [1.29, 1.82) is 0 Å². The average molecular weight is 693 g/mol. The van der Waals surface area contributed by atoms with E-state index < -0.39 is 0 Å². The van der Waals surface area contributed by atoms with Crippen molar-refractivity contribution in [1.82, 2.24) is 0 Å². The number of benzene rings is 3. The van der Waals surface area contributed by atoms with Crippen LogP contribution in [0, 0.1) is 24.3 Å². The average Bonchev–Trinajstić information content (AvgIpc) is 3.42. The first-order valence-electron chi connectivity index (χ1n) is 14.9. The summed E-state index contributed by atoms with van der Waals surface area (Å²) in [6, 6.07) is 24.7. The number of rotatable bonds is 1. The molecule has 1 atom stereocenters. The Bertz CT molecular complexity index is 1490. The van der Waals surface area contributed by atoms with Gasteiger partial charge < -0.3 is 24.8 Å². The molecule has 5 rings (SSSR count). The Kier molecular flexibility index (Phi) is 14.2. The van der Waals surface area contributed by atoms with Gasteiger partial charge in [-0.1, -0.05) is 123 Å². The Balaban J connectivity index is 0.000000356. The maximum Gasteiger partial charge on any atom is -1.00 e. The van der Waals surface area contributed by atoms with E-state index in [1.807, 2.05) is 0 Å². The third-order valence-electron chi connectivity index (χ3n) is 7.76. The number of hydrogen-bond donors (Lipinski definition) is 0. The number of aryl methyl sites for hydroxylation is 1. The molecule has 0 radical (unpaired) electrons. The third kappa shape index (κ3) is 10.7. The predicted octanol–water partition coefficient (Wildman–Crippen LogP) is 5.37. The molecule has 4 aromatic carbocycles. The van der Waals surface area contributed by atoms with Crippen molar-refractivity contribution in [2.45, 2.75) is 93.9 Å². The van der Waals surface area contributed by atoms with Gasteiger partial charge in [0, 0.05) is 0 Å². The van der Waals surface area contributed by atoms with Crippen LogP contribution in [0.4, 0.5) is 0 Å². The fourth-order valence-corrected chi connectivity index (χ4v) is 5.72. The summed E-state index contributed by atoms with van der Waals surface area (Å²) in [6.45, 7) is 26.9. The summed E-state index contributed by atoms with van der Waals surface area (Å²) in [4.78, 5) is 0. The summed E-state index contributed by atoms with van der Waals surface area (Å²) in [5.41, 5.74) is 8.96. The molecule has 1 aliphatic rings. The van der Waals surface area contributed by atoms with E-state index in [0.29, 0.717) is 11.3 Å². The Hall–Kier alpha value is -1.66. The first kappa shape index (κ1) is 39.4. The Morgan fingerprint density at radius 1 is 0.674 bits per heavy atom. The van der Waals surface area contributed by atoms with Crippen molar-refractivity contribution in [3.05, 3.63) is 112 Å². The molecule has 0 fully saturated rings. The topological polar surface area (TPSA) is 0 Å². The predicted molar refractivity (Wildman–Crippen MR) is 180 cm³/mol. The van der Waals surface area contributed by atoms with E-state index in [1.165, 1.54) is 79.2 Å². The zero-order valence-corrected chi connectivity index (χ0v) is 32.3. The van der Waals surface area contributed by atoms with Gasteiger partial charge >= 0.3 is 70.3 Å². The largest absolute Gasteiger partial charge is 1.00 e. The van der Waals surface area contributed by atoms with Crippen LogP contribution in [0.15, 0.2) is 84.0 Å². The summed E-state index contributed by atoms with van der Waals surface area (Å²) in [6.07, 6.45) is 5.71. The minimum Gasteiger partial charge on any atom is -1.00 e. The van der Waals surface area contributed by atoms with Gasteiger partial charge in [-0.2, -0.15) is 11.6 Å². The van der Waals surface area contributed by atoms with E-state index in [1.54, 1.807) is 0 Å². The van der Waals surface area contributed by atoms with Gasteiger partial charge in [0.05, 0.1) is 0 Å². The number of hydrogen-bond acceptors (Lipinski definition) is 0. The van der Waals surface area contributed by atoms with Crippen molar-refractivity contribution in [2.75, 3.05) is 0 Å². The van der Waals surface area contributed by atoms with E-state index in [0.717, 1.165) is 0 Å². The molecule has 0 N–H and O–H groups in total. The smallest absolute Gasteiger partial charge is 1.00 e. The molecule has 43 heavy (non-hydrogen) atoms.